The first-order valence-corrected chi connectivity index (χ1v) is 13.5. The van der Waals surface area contributed by atoms with Crippen LogP contribution in [0, 0.1) is 5.92 Å². The summed E-state index contributed by atoms with van der Waals surface area (Å²) >= 11 is 1.19. The minimum absolute atomic E-state index is 0.000101. The highest BCUT2D eigenvalue weighted by Gasteiger charge is 2.38. The molecule has 9 heteroatoms. The number of nitrogens with zero attached hydrogens (tertiary/aromatic N) is 2. The lowest BCUT2D eigenvalue weighted by molar-refractivity contribution is -0.136. The molecule has 0 saturated carbocycles. The molecule has 1 aliphatic carbocycles. The van der Waals surface area contributed by atoms with Crippen LogP contribution in [-0.4, -0.2) is 50.8 Å². The molecule has 3 aliphatic rings. The Balaban J connectivity index is 1.17. The van der Waals surface area contributed by atoms with E-state index in [4.69, 9.17) is 0 Å². The molecular formula is C23H27N3O4S2. The molecular weight excluding hydrogens is 446 g/mol. The van der Waals surface area contributed by atoms with Gasteiger partial charge in [-0.15, -0.1) is 11.3 Å². The van der Waals surface area contributed by atoms with Crippen LogP contribution in [-0.2, 0) is 32.5 Å². The zero-order chi connectivity index (χ0) is 22.3. The van der Waals surface area contributed by atoms with Gasteiger partial charge in [-0.2, -0.15) is 0 Å². The summed E-state index contributed by atoms with van der Waals surface area (Å²) in [6, 6.07) is 9.35. The van der Waals surface area contributed by atoms with Crippen molar-refractivity contribution in [1.29, 1.82) is 0 Å². The van der Waals surface area contributed by atoms with Gasteiger partial charge >= 0.3 is 0 Å². The highest BCUT2D eigenvalue weighted by atomic mass is 32.2. The fourth-order valence-electron chi connectivity index (χ4n) is 5.02. The zero-order valence-electron chi connectivity index (χ0n) is 17.8. The number of fused-ring (bicyclic) bond motifs is 1. The third-order valence-corrected chi connectivity index (χ3v) is 9.67. The van der Waals surface area contributed by atoms with Crippen LogP contribution >= 0.6 is 11.3 Å². The molecule has 0 spiro atoms. The van der Waals surface area contributed by atoms with Crippen LogP contribution in [0.3, 0.4) is 0 Å². The summed E-state index contributed by atoms with van der Waals surface area (Å²) in [4.78, 5) is 29.3. The number of likely N-dealkylation sites (tertiary alicyclic amines) is 1. The van der Waals surface area contributed by atoms with Crippen LogP contribution in [0.15, 0.2) is 39.9 Å². The van der Waals surface area contributed by atoms with E-state index >= 15 is 0 Å². The Hall–Kier alpha value is -2.23. The molecule has 2 aliphatic heterocycles. The summed E-state index contributed by atoms with van der Waals surface area (Å²) in [6.45, 7) is 1.42. The van der Waals surface area contributed by atoms with E-state index in [1.165, 1.54) is 22.5 Å². The molecule has 0 radical (unpaired) electrons. The van der Waals surface area contributed by atoms with Gasteiger partial charge in [0.2, 0.25) is 21.8 Å². The highest BCUT2D eigenvalue weighted by Crippen LogP contribution is 2.31. The second-order valence-corrected chi connectivity index (χ2v) is 11.8. The average molecular weight is 474 g/mol. The third kappa shape index (κ3) is 4.21. The van der Waals surface area contributed by atoms with Gasteiger partial charge in [0, 0.05) is 37.8 Å². The Morgan fingerprint density at radius 3 is 2.62 bits per heavy atom. The predicted octanol–water partition coefficient (Wildman–Crippen LogP) is 2.56. The third-order valence-electron chi connectivity index (χ3n) is 6.76. The molecule has 0 bridgehead atoms. The summed E-state index contributed by atoms with van der Waals surface area (Å²) in [5, 5.41) is 1.74. The van der Waals surface area contributed by atoms with E-state index < -0.39 is 10.0 Å². The fraction of sp³-hybridized carbons (Fsp3) is 0.478. The van der Waals surface area contributed by atoms with Crippen LogP contribution in [0.2, 0.25) is 0 Å². The number of aryl methyl sites for hydroxylation is 2. The zero-order valence-corrected chi connectivity index (χ0v) is 19.5. The van der Waals surface area contributed by atoms with Gasteiger partial charge in [0.15, 0.2) is 0 Å². The molecule has 170 valence electrons. The maximum atomic E-state index is 13.1. The number of anilines is 1. The predicted molar refractivity (Wildman–Crippen MR) is 123 cm³/mol. The number of rotatable bonds is 5. The molecule has 2 fully saturated rings. The fourth-order valence-corrected chi connectivity index (χ4v) is 7.33. The summed E-state index contributed by atoms with van der Waals surface area (Å²) in [5.41, 5.74) is 3.58. The molecule has 1 atom stereocenters. The highest BCUT2D eigenvalue weighted by molar-refractivity contribution is 7.91. The molecule has 1 N–H and O–H groups in total. The Labute approximate surface area is 192 Å². The van der Waals surface area contributed by atoms with Crippen LogP contribution < -0.4 is 9.62 Å². The van der Waals surface area contributed by atoms with Gasteiger partial charge in [0.05, 0.1) is 5.92 Å². The number of carbonyl (C=O) groups excluding carboxylic acids is 2. The minimum atomic E-state index is -3.51. The second-order valence-electron chi connectivity index (χ2n) is 8.86. The number of hydrogen-bond acceptors (Lipinski definition) is 5. The van der Waals surface area contributed by atoms with E-state index in [-0.39, 0.29) is 30.2 Å². The van der Waals surface area contributed by atoms with Gasteiger partial charge in [0.25, 0.3) is 0 Å². The van der Waals surface area contributed by atoms with Crippen LogP contribution in [0.25, 0.3) is 0 Å². The van der Waals surface area contributed by atoms with Crippen LogP contribution in [0.1, 0.15) is 36.8 Å². The topological polar surface area (TPSA) is 86.8 Å². The first-order valence-electron chi connectivity index (χ1n) is 11.2. The van der Waals surface area contributed by atoms with Gasteiger partial charge in [-0.05, 0) is 66.8 Å². The van der Waals surface area contributed by atoms with Crippen molar-refractivity contribution in [3.63, 3.8) is 0 Å². The first kappa shape index (κ1) is 21.6. The molecule has 5 rings (SSSR count). The van der Waals surface area contributed by atoms with Gasteiger partial charge in [-0.1, -0.05) is 12.1 Å². The summed E-state index contributed by atoms with van der Waals surface area (Å²) in [6.07, 6.45) is 4.70. The molecule has 2 amide bonds. The van der Waals surface area contributed by atoms with E-state index in [1.807, 2.05) is 6.07 Å². The Morgan fingerprint density at radius 1 is 1.09 bits per heavy atom. The van der Waals surface area contributed by atoms with Crippen molar-refractivity contribution in [1.82, 2.24) is 9.62 Å². The van der Waals surface area contributed by atoms with E-state index in [9.17, 15) is 18.0 Å². The van der Waals surface area contributed by atoms with E-state index in [0.29, 0.717) is 36.7 Å². The molecule has 1 unspecified atom stereocenters. The van der Waals surface area contributed by atoms with E-state index in [2.05, 4.69) is 16.9 Å². The number of hydrogen-bond donors (Lipinski definition) is 1. The van der Waals surface area contributed by atoms with Gasteiger partial charge in [0.1, 0.15) is 4.21 Å². The number of carbonyl (C=O) groups is 2. The van der Waals surface area contributed by atoms with E-state index in [1.54, 1.807) is 27.3 Å². The first-order chi connectivity index (χ1) is 15.4. The van der Waals surface area contributed by atoms with Gasteiger partial charge in [-0.25, -0.2) is 13.1 Å². The Kier molecular flexibility index (Phi) is 5.81. The maximum Gasteiger partial charge on any atom is 0.250 e. The molecule has 1 aromatic heterocycles. The number of benzene rings is 1. The number of amides is 2. The second kappa shape index (κ2) is 8.61. The van der Waals surface area contributed by atoms with Crippen molar-refractivity contribution in [3.8, 4) is 0 Å². The Bertz CT molecular complexity index is 1120. The van der Waals surface area contributed by atoms with Gasteiger partial charge < -0.3 is 9.80 Å². The van der Waals surface area contributed by atoms with Crippen molar-refractivity contribution >= 4 is 38.9 Å². The van der Waals surface area contributed by atoms with Crippen molar-refractivity contribution in [2.45, 2.75) is 48.8 Å². The molecule has 2 saturated heterocycles. The lowest BCUT2D eigenvalue weighted by Gasteiger charge is -2.33. The van der Waals surface area contributed by atoms with Crippen molar-refractivity contribution in [2.24, 2.45) is 5.92 Å². The molecule has 3 heterocycles. The summed E-state index contributed by atoms with van der Waals surface area (Å²) in [5.74, 6) is -0.337. The Morgan fingerprint density at radius 2 is 1.88 bits per heavy atom. The van der Waals surface area contributed by atoms with Gasteiger partial charge in [-0.3, -0.25) is 9.59 Å². The van der Waals surface area contributed by atoms with Crippen molar-refractivity contribution < 1.29 is 18.0 Å². The molecule has 7 nitrogen and oxygen atoms in total. The molecule has 2 aromatic rings. The van der Waals surface area contributed by atoms with Crippen LogP contribution in [0.4, 0.5) is 5.69 Å². The molecule has 32 heavy (non-hydrogen) atoms. The lowest BCUT2D eigenvalue weighted by atomic mass is 10.0. The quantitative estimate of drug-likeness (QED) is 0.723. The van der Waals surface area contributed by atoms with E-state index in [0.717, 1.165) is 24.9 Å². The largest absolute Gasteiger partial charge is 0.342 e. The maximum absolute atomic E-state index is 13.1. The minimum Gasteiger partial charge on any atom is -0.342 e. The van der Waals surface area contributed by atoms with Crippen molar-refractivity contribution in [3.05, 3.63) is 46.8 Å². The number of nitrogens with one attached hydrogen (secondary N) is 1. The number of thiophene rings is 1. The monoisotopic (exact) mass is 473 g/mol. The summed E-state index contributed by atoms with van der Waals surface area (Å²) in [7, 11) is -3.51. The average Bonchev–Trinajstić information content (AvgIpc) is 3.54. The van der Waals surface area contributed by atoms with Crippen LogP contribution in [0.5, 0.6) is 0 Å². The lowest BCUT2D eigenvalue weighted by Crippen LogP contribution is -2.48. The SMILES string of the molecule is O=C(C1CC(=O)N(c2ccc3c(c2)CCC3)C1)N1CCC(NS(=O)(=O)c2cccs2)CC1. The van der Waals surface area contributed by atoms with Crippen molar-refractivity contribution in [2.75, 3.05) is 24.5 Å². The molecule has 1 aromatic carbocycles. The summed E-state index contributed by atoms with van der Waals surface area (Å²) < 4.78 is 28.0. The standard InChI is InChI=1S/C23H27N3O4S2/c27-21-14-18(15-26(21)20-7-6-16-3-1-4-17(16)13-20)23(28)25-10-8-19(9-11-25)24-32(29,30)22-5-2-12-31-22/h2,5-7,12-13,18-19,24H,1,3-4,8-11,14-15H2. The number of piperidine rings is 1. The smallest absolute Gasteiger partial charge is 0.250 e. The normalized spacial score (nSPS) is 21.9. The number of sulfonamides is 1.